The van der Waals surface area contributed by atoms with Crippen LogP contribution in [-0.2, 0) is 21.5 Å². The molecule has 2 bridgehead atoms. The van der Waals surface area contributed by atoms with Crippen LogP contribution in [0.3, 0.4) is 0 Å². The second kappa shape index (κ2) is 7.63. The van der Waals surface area contributed by atoms with Gasteiger partial charge in [-0.25, -0.2) is 8.78 Å². The number of rotatable bonds is 5. The van der Waals surface area contributed by atoms with Gasteiger partial charge in [0.1, 0.15) is 34.3 Å². The molecule has 170 valence electrons. The average Bonchev–Trinajstić information content (AvgIpc) is 2.92. The fraction of sp³-hybridized carbons (Fsp3) is 0.391. The van der Waals surface area contributed by atoms with Gasteiger partial charge in [0.2, 0.25) is 0 Å². The highest BCUT2D eigenvalue weighted by atomic mass is 35.5. The molecule has 2 aromatic rings. The molecule has 2 N–H and O–H groups in total. The number of amidine groups is 1. The zero-order valence-corrected chi connectivity index (χ0v) is 19.4. The van der Waals surface area contributed by atoms with Crippen molar-refractivity contribution in [3.05, 3.63) is 63.7 Å². The monoisotopic (exact) mass is 479 g/mol. The average molecular weight is 480 g/mol. The highest BCUT2D eigenvalue weighted by molar-refractivity contribution is 8.03. The molecule has 2 unspecified atom stereocenters. The van der Waals surface area contributed by atoms with Gasteiger partial charge in [0.05, 0.1) is 10.3 Å². The normalized spacial score (nSPS) is 31.4. The highest BCUT2D eigenvalue weighted by Gasteiger charge is 2.61. The Kier molecular flexibility index (Phi) is 5.45. The number of Topliss-reactive ketones (excluding diaryl/α,β-unsaturated/α-hetero) is 1. The molecule has 2 aliphatic rings. The number of nitrogens with two attached hydrogens (primary N) is 1. The molecule has 1 aromatic carbocycles. The van der Waals surface area contributed by atoms with Crippen molar-refractivity contribution in [2.45, 2.75) is 48.6 Å². The van der Waals surface area contributed by atoms with Gasteiger partial charge in [0.25, 0.3) is 0 Å². The van der Waals surface area contributed by atoms with E-state index >= 15 is 4.39 Å². The predicted octanol–water partition coefficient (Wildman–Crippen LogP) is 3.78. The maximum atomic E-state index is 15.0. The number of aryl methyl sites for hydroxylation is 1. The molecule has 0 saturated carbocycles. The first-order chi connectivity index (χ1) is 15.0. The first-order valence-electron chi connectivity index (χ1n) is 10.2. The van der Waals surface area contributed by atoms with E-state index in [0.717, 1.165) is 0 Å². The van der Waals surface area contributed by atoms with Crippen LogP contribution in [-0.4, -0.2) is 43.4 Å². The third kappa shape index (κ3) is 3.18. The number of aliphatic imine (C=N–C) groups is 1. The zero-order chi connectivity index (χ0) is 23.5. The molecule has 0 radical (unpaired) electrons. The van der Waals surface area contributed by atoms with Crippen LogP contribution in [0.2, 0.25) is 5.02 Å². The van der Waals surface area contributed by atoms with Crippen molar-refractivity contribution in [1.82, 2.24) is 4.98 Å². The summed E-state index contributed by atoms with van der Waals surface area (Å²) in [7, 11) is -3.04. The summed E-state index contributed by atoms with van der Waals surface area (Å²) in [6.45, 7) is 2.48. The Labute approximate surface area is 191 Å². The van der Waals surface area contributed by atoms with Crippen LogP contribution in [0.4, 0.5) is 8.78 Å². The topological polar surface area (TPSA) is 85.4 Å². The molecular formula is C23H24ClF2N3O2S. The number of pyridine rings is 1. The van der Waals surface area contributed by atoms with E-state index in [1.807, 2.05) is 0 Å². The lowest BCUT2D eigenvalue weighted by Gasteiger charge is -2.42. The van der Waals surface area contributed by atoms with Gasteiger partial charge in [-0.15, -0.1) is 0 Å². The summed E-state index contributed by atoms with van der Waals surface area (Å²) in [4.78, 5) is 21.4. The predicted molar refractivity (Wildman–Crippen MR) is 124 cm³/mol. The first kappa shape index (κ1) is 22.9. The third-order valence-electron chi connectivity index (χ3n) is 6.84. The summed E-state index contributed by atoms with van der Waals surface area (Å²) in [6.07, 6.45) is 2.00. The standard InChI is InChI=1S/C23H24ClF2N3O2S/c1-13-8-15(24)11-28-20(13)18(30)10-14-4-5-17(26)16(9-14)22(2)19-6-7-23(12-25,21(27)29-22)32(19,3)31/h4-5,8-9,11,19H,3,6-7,10,12H2,1-2H3,(H2,27,29)/t19?,22-,23+,32?/m1/s1. The van der Waals surface area contributed by atoms with Crippen molar-refractivity contribution in [1.29, 1.82) is 0 Å². The lowest BCUT2D eigenvalue weighted by molar-refractivity contribution is 0.0987. The molecule has 1 fully saturated rings. The number of fused-ring (bicyclic) bond motifs is 2. The van der Waals surface area contributed by atoms with E-state index in [0.29, 0.717) is 22.6 Å². The lowest BCUT2D eigenvalue weighted by Crippen LogP contribution is -2.58. The zero-order valence-electron chi connectivity index (χ0n) is 17.8. The molecule has 3 heterocycles. The van der Waals surface area contributed by atoms with Crippen LogP contribution in [0.1, 0.15) is 46.9 Å². The molecule has 0 amide bonds. The molecule has 4 rings (SSSR count). The van der Waals surface area contributed by atoms with Gasteiger partial charge in [-0.3, -0.25) is 19.0 Å². The lowest BCUT2D eigenvalue weighted by atomic mass is 9.85. The van der Waals surface area contributed by atoms with E-state index < -0.39 is 37.5 Å². The van der Waals surface area contributed by atoms with Crippen LogP contribution in [0.15, 0.2) is 35.5 Å². The highest BCUT2D eigenvalue weighted by Crippen LogP contribution is 2.51. The number of hydrogen-bond acceptors (Lipinski definition) is 5. The number of nitrogens with zero attached hydrogens (tertiary/aromatic N) is 2. The molecular weight excluding hydrogens is 456 g/mol. The maximum absolute atomic E-state index is 15.0. The summed E-state index contributed by atoms with van der Waals surface area (Å²) in [6, 6.07) is 5.98. The van der Waals surface area contributed by atoms with Gasteiger partial charge in [0, 0.05) is 18.2 Å². The fourth-order valence-corrected chi connectivity index (χ4v) is 8.24. The van der Waals surface area contributed by atoms with Crippen molar-refractivity contribution in [2.24, 2.45) is 10.7 Å². The van der Waals surface area contributed by atoms with E-state index in [1.165, 1.54) is 18.3 Å². The van der Waals surface area contributed by atoms with Crippen LogP contribution in [0.25, 0.3) is 0 Å². The second-order valence-electron chi connectivity index (χ2n) is 8.76. The van der Waals surface area contributed by atoms with Gasteiger partial charge in [-0.1, -0.05) is 17.7 Å². The van der Waals surface area contributed by atoms with Gasteiger partial charge < -0.3 is 5.73 Å². The van der Waals surface area contributed by atoms with Crippen molar-refractivity contribution >= 4 is 38.6 Å². The number of halogens is 3. The first-order valence-corrected chi connectivity index (χ1v) is 12.3. The summed E-state index contributed by atoms with van der Waals surface area (Å²) in [5.41, 5.74) is 6.49. The second-order valence-corrected chi connectivity index (χ2v) is 12.0. The van der Waals surface area contributed by atoms with Crippen molar-refractivity contribution in [3.63, 3.8) is 0 Å². The largest absolute Gasteiger partial charge is 0.386 e. The van der Waals surface area contributed by atoms with Crippen LogP contribution < -0.4 is 5.73 Å². The number of alkyl halides is 1. The molecule has 2 aliphatic heterocycles. The van der Waals surface area contributed by atoms with Gasteiger partial charge in [-0.05, 0) is 71.4 Å². The molecule has 0 aliphatic carbocycles. The molecule has 32 heavy (non-hydrogen) atoms. The Morgan fingerprint density at radius 3 is 2.78 bits per heavy atom. The Bertz CT molecular complexity index is 1260. The van der Waals surface area contributed by atoms with E-state index in [-0.39, 0.29) is 35.7 Å². The SMILES string of the molecule is C=S1(=O)C2CC[C@]1(CF)C(N)=N[C@]2(C)c1cc(CC(=O)c2ncc(Cl)cc2C)ccc1F. The minimum Gasteiger partial charge on any atom is -0.386 e. The molecule has 9 heteroatoms. The summed E-state index contributed by atoms with van der Waals surface area (Å²) in [5.74, 6) is 2.97. The Balaban J connectivity index is 1.75. The van der Waals surface area contributed by atoms with Gasteiger partial charge in [0.15, 0.2) is 5.78 Å². The molecule has 0 spiro atoms. The summed E-state index contributed by atoms with van der Waals surface area (Å²) in [5, 5.41) is -0.236. The number of carbonyl (C=O) groups excluding carboxylic acids is 1. The molecule has 1 aromatic heterocycles. The smallest absolute Gasteiger partial charge is 0.185 e. The van der Waals surface area contributed by atoms with E-state index in [4.69, 9.17) is 17.3 Å². The fourth-order valence-electron chi connectivity index (χ4n) is 5.01. The van der Waals surface area contributed by atoms with Crippen molar-refractivity contribution < 1.29 is 17.8 Å². The Hall–Kier alpha value is -2.32. The third-order valence-corrected chi connectivity index (χ3v) is 10.5. The molecule has 4 atom stereocenters. The summed E-state index contributed by atoms with van der Waals surface area (Å²) >= 11 is 5.92. The Morgan fingerprint density at radius 2 is 2.12 bits per heavy atom. The number of aromatic nitrogens is 1. The minimum atomic E-state index is -3.04. The summed E-state index contributed by atoms with van der Waals surface area (Å²) < 4.78 is 41.2. The number of carbonyl (C=O) groups is 1. The van der Waals surface area contributed by atoms with Crippen molar-refractivity contribution in [3.8, 4) is 0 Å². The minimum absolute atomic E-state index is 0.0170. The van der Waals surface area contributed by atoms with E-state index in [2.05, 4.69) is 15.8 Å². The molecule has 5 nitrogen and oxygen atoms in total. The van der Waals surface area contributed by atoms with E-state index in [9.17, 15) is 13.4 Å². The number of hydrogen-bond donors (Lipinski definition) is 1. The Morgan fingerprint density at radius 1 is 1.41 bits per heavy atom. The van der Waals surface area contributed by atoms with Crippen molar-refractivity contribution in [2.75, 3.05) is 6.67 Å². The quantitative estimate of drug-likeness (QED) is 0.522. The number of benzene rings is 1. The van der Waals surface area contributed by atoms with Crippen LogP contribution in [0, 0.1) is 12.7 Å². The van der Waals surface area contributed by atoms with Gasteiger partial charge in [-0.2, -0.15) is 0 Å². The van der Waals surface area contributed by atoms with Crippen LogP contribution in [0.5, 0.6) is 0 Å². The maximum Gasteiger partial charge on any atom is 0.185 e. The molecule has 1 saturated heterocycles. The van der Waals surface area contributed by atoms with Crippen LogP contribution >= 0.6 is 11.6 Å². The van der Waals surface area contributed by atoms with E-state index in [1.54, 1.807) is 26.0 Å². The number of ketones is 1. The van der Waals surface area contributed by atoms with Gasteiger partial charge >= 0.3 is 0 Å².